The molecule has 0 bridgehead atoms. The van der Waals surface area contributed by atoms with E-state index in [0.717, 1.165) is 0 Å². The van der Waals surface area contributed by atoms with Crippen LogP contribution in [0.25, 0.3) is 194 Å². The summed E-state index contributed by atoms with van der Waals surface area (Å²) in [6.07, 6.45) is 51.0. The smallest absolute Gasteiger partial charge is 0.0000721 e. The van der Waals surface area contributed by atoms with Crippen LogP contribution >= 0.6 is 0 Å². The average Bonchev–Trinajstić information content (AvgIpc) is 0.663. The highest BCUT2D eigenvalue weighted by atomic mass is 14.4. The zero-order valence-electron chi connectivity index (χ0n) is 69.8. The van der Waals surface area contributed by atoms with Crippen molar-refractivity contribution >= 4 is 194 Å². The fourth-order valence-corrected chi connectivity index (χ4v) is 23.3. The summed E-state index contributed by atoms with van der Waals surface area (Å²) in [5, 5.41) is 55.1. The minimum atomic E-state index is 1.17. The molecule has 0 radical (unpaired) electrons. The van der Waals surface area contributed by atoms with E-state index in [9.17, 15) is 0 Å². The van der Waals surface area contributed by atoms with Gasteiger partial charge in [-0.2, -0.15) is 0 Å². The van der Waals surface area contributed by atoms with E-state index in [-0.39, 0.29) is 0 Å². The Morgan fingerprint density at radius 1 is 0.125 bits per heavy atom. The summed E-state index contributed by atoms with van der Waals surface area (Å²) in [6, 6.07) is 51.9. The van der Waals surface area contributed by atoms with Crippen LogP contribution in [0.1, 0.15) is 305 Å². The molecule has 0 unspecified atom stereocenters. The lowest BCUT2D eigenvalue weighted by Crippen LogP contribution is -2.02. The molecule has 0 aliphatic heterocycles. The topological polar surface area (TPSA) is 0 Å². The molecule has 0 heteroatoms. The number of aryl methyl sites for hydroxylation is 8. The maximum atomic E-state index is 2.71. The Morgan fingerprint density at radius 3 is 0.482 bits per heavy atom. The van der Waals surface area contributed by atoms with Gasteiger partial charge in [0.15, 0.2) is 0 Å². The lowest BCUT2D eigenvalue weighted by Gasteiger charge is -2.28. The Bertz CT molecular complexity index is 5820. The van der Waals surface area contributed by atoms with E-state index in [1.54, 1.807) is 152 Å². The number of rotatable bonds is 40. The van der Waals surface area contributed by atoms with Crippen molar-refractivity contribution in [2.75, 3.05) is 0 Å². The van der Waals surface area contributed by atoms with E-state index >= 15 is 0 Å². The molecule has 0 aromatic heterocycles. The van der Waals surface area contributed by atoms with Crippen LogP contribution in [-0.2, 0) is 51.4 Å². The molecule has 112 heavy (non-hydrogen) atoms. The van der Waals surface area contributed by atoms with E-state index in [0.29, 0.717) is 0 Å². The minimum absolute atomic E-state index is 1.17. The van der Waals surface area contributed by atoms with Gasteiger partial charge in [-0.1, -0.05) is 307 Å². The lowest BCUT2D eigenvalue weighted by molar-refractivity contribution is 0.668. The van der Waals surface area contributed by atoms with Crippen molar-refractivity contribution in [3.8, 4) is 0 Å². The molecule has 0 saturated carbocycles. The third kappa shape index (κ3) is 12.1. The van der Waals surface area contributed by atoms with Crippen LogP contribution in [0.3, 0.4) is 0 Å². The Labute approximate surface area is 667 Å². The highest BCUT2D eigenvalue weighted by molar-refractivity contribution is 6.56. The first kappa shape index (κ1) is 73.8. The van der Waals surface area contributed by atoms with Crippen LogP contribution in [0.2, 0.25) is 0 Å². The molecule has 0 aliphatic rings. The second-order valence-corrected chi connectivity index (χ2v) is 36.2. The molecule has 0 spiro atoms. The second-order valence-electron chi connectivity index (χ2n) is 36.2. The fourth-order valence-electron chi connectivity index (χ4n) is 23.3. The predicted molar refractivity (Wildman–Crippen MR) is 503 cm³/mol. The largest absolute Gasteiger partial charge is 0.0654 e. The van der Waals surface area contributed by atoms with Gasteiger partial charge >= 0.3 is 0 Å². The second kappa shape index (κ2) is 31.5. The van der Waals surface area contributed by atoms with Gasteiger partial charge in [0.1, 0.15) is 0 Å². The lowest BCUT2D eigenvalue weighted by atomic mass is 9.74. The molecule has 0 N–H and O–H groups in total. The number of unbranched alkanes of at least 4 members (excludes halogenated alkanes) is 24. The molecule has 0 amide bonds. The van der Waals surface area contributed by atoms with Gasteiger partial charge in [-0.15, -0.1) is 0 Å². The SMILES string of the molecule is CCCCCCc1cc2cc3cc(CCCCCC)c4ccc5c(CCCCCC)cc6cc7cc(CCCCCC)c8ccc1c1c2c2c3c4c5c6c2c7c81.CCCCCCc1cc2ccc3cc(CCCCCC)c4cc5c(CCCCCC)cc6ccc7cc(CCCCCC)c8cc1c1c2c3c4c2c5c6c7c8c12. The maximum Gasteiger partial charge on any atom is -0.0000721 e. The van der Waals surface area contributed by atoms with Crippen molar-refractivity contribution in [2.45, 2.75) is 312 Å². The molecule has 0 nitrogen and oxygen atoms in total. The molecule has 0 aliphatic carbocycles. The summed E-state index contributed by atoms with van der Waals surface area (Å²) in [4.78, 5) is 0. The summed E-state index contributed by atoms with van der Waals surface area (Å²) in [5.41, 5.74) is 12.6. The van der Waals surface area contributed by atoms with Gasteiger partial charge in [0, 0.05) is 0 Å². The molecule has 20 aromatic carbocycles. The molecular formula is C112H124. The number of hydrogen-bond acceptors (Lipinski definition) is 0. The van der Waals surface area contributed by atoms with Crippen molar-refractivity contribution in [3.05, 3.63) is 166 Å². The summed E-state index contributed by atoms with van der Waals surface area (Å²) in [6.45, 7) is 18.7. The molecule has 572 valence electrons. The summed E-state index contributed by atoms with van der Waals surface area (Å²) in [5.74, 6) is 0. The van der Waals surface area contributed by atoms with E-state index in [1.807, 2.05) is 0 Å². The third-order valence-corrected chi connectivity index (χ3v) is 28.7. The van der Waals surface area contributed by atoms with Gasteiger partial charge < -0.3 is 0 Å². The highest BCUT2D eigenvalue weighted by Crippen LogP contribution is 2.60. The van der Waals surface area contributed by atoms with Crippen LogP contribution in [-0.4, -0.2) is 0 Å². The Morgan fingerprint density at radius 2 is 0.286 bits per heavy atom. The first-order valence-corrected chi connectivity index (χ1v) is 46.6. The monoisotopic (exact) mass is 1470 g/mol. The zero-order chi connectivity index (χ0) is 75.8. The summed E-state index contributed by atoms with van der Waals surface area (Å²) < 4.78 is 0. The Hall–Kier alpha value is -8.32. The van der Waals surface area contributed by atoms with Crippen molar-refractivity contribution in [1.29, 1.82) is 0 Å². The van der Waals surface area contributed by atoms with Crippen LogP contribution in [0, 0.1) is 0 Å². The van der Waals surface area contributed by atoms with Crippen LogP contribution in [0.15, 0.2) is 121 Å². The maximum absolute atomic E-state index is 2.71. The van der Waals surface area contributed by atoms with E-state index < -0.39 is 0 Å². The first-order valence-electron chi connectivity index (χ1n) is 46.6. The minimum Gasteiger partial charge on any atom is -0.0654 e. The van der Waals surface area contributed by atoms with Crippen LogP contribution in [0.5, 0.6) is 0 Å². The van der Waals surface area contributed by atoms with Gasteiger partial charge in [0.25, 0.3) is 0 Å². The van der Waals surface area contributed by atoms with Crippen LogP contribution < -0.4 is 0 Å². The standard InChI is InChI=1S/2C56H62/c1-5-9-13-17-21-35-29-39-33-40-30-37(23-19-15-11-7-3)45-27-28-46-38(24-20-16-12-8-4)32-42-34-41-31-36(22-18-14-10-6-2)44-26-25-43(35)51-47(39)55-49(40)53(45)54(46)50(42)56(55)48(41)52(44)51;1-5-9-13-17-21-35-29-39-25-26-40-31-37(23-19-15-11-7-3)45-34-46-38(24-20-16-12-8-4)32-42-28-27-41-30-36(22-18-14-10-6-2)44-33-43(35)51-47(39)48(40)53(45)56-54(46)50(42)49(41)52(44)55(51)56/h2*25-34H,5-24H2,1-4H3. The molecule has 0 fully saturated rings. The molecule has 0 saturated heterocycles. The number of benzene rings is 20. The molecule has 0 heterocycles. The summed E-state index contributed by atoms with van der Waals surface area (Å²) in [7, 11) is 0. The van der Waals surface area contributed by atoms with Crippen molar-refractivity contribution in [2.24, 2.45) is 0 Å². The fraction of sp³-hybridized carbons (Fsp3) is 0.429. The van der Waals surface area contributed by atoms with Gasteiger partial charge in [0.2, 0.25) is 0 Å². The zero-order valence-corrected chi connectivity index (χ0v) is 69.8. The first-order chi connectivity index (χ1) is 55.3. The quantitative estimate of drug-likeness (QED) is 0.0204. The molecule has 0 atom stereocenters. The number of hydrogen-bond donors (Lipinski definition) is 0. The van der Waals surface area contributed by atoms with E-state index in [1.165, 1.54) is 343 Å². The van der Waals surface area contributed by atoms with E-state index in [4.69, 9.17) is 0 Å². The van der Waals surface area contributed by atoms with Crippen LogP contribution in [0.4, 0.5) is 0 Å². The Kier molecular flexibility index (Phi) is 20.7. The average molecular weight is 1470 g/mol. The Balaban J connectivity index is 0.000000151. The third-order valence-electron chi connectivity index (χ3n) is 28.7. The van der Waals surface area contributed by atoms with E-state index in [2.05, 4.69) is 177 Å². The normalized spacial score (nSPS) is 13.0. The highest BCUT2D eigenvalue weighted by Gasteiger charge is 2.33. The molecule has 20 rings (SSSR count). The molecular weight excluding hydrogens is 1350 g/mol. The van der Waals surface area contributed by atoms with Crippen molar-refractivity contribution in [1.82, 2.24) is 0 Å². The summed E-state index contributed by atoms with van der Waals surface area (Å²) >= 11 is 0. The van der Waals surface area contributed by atoms with Crippen molar-refractivity contribution in [3.63, 3.8) is 0 Å². The molecule has 20 aromatic rings. The van der Waals surface area contributed by atoms with Gasteiger partial charge in [-0.25, -0.2) is 0 Å². The van der Waals surface area contributed by atoms with Crippen molar-refractivity contribution < 1.29 is 0 Å². The van der Waals surface area contributed by atoms with Gasteiger partial charge in [-0.3, -0.25) is 0 Å². The predicted octanol–water partition coefficient (Wildman–Crippen LogP) is 35.5. The van der Waals surface area contributed by atoms with Gasteiger partial charge in [-0.05, 0) is 365 Å². The van der Waals surface area contributed by atoms with Gasteiger partial charge in [0.05, 0.1) is 0 Å².